The molecule has 0 unspecified atom stereocenters. The molecule has 1 aromatic heterocycles. The van der Waals surface area contributed by atoms with Crippen LogP contribution in [0.3, 0.4) is 0 Å². The molecule has 0 fully saturated rings. The Morgan fingerprint density at radius 2 is 1.96 bits per heavy atom. The van der Waals surface area contributed by atoms with Crippen LogP contribution < -0.4 is 9.62 Å². The van der Waals surface area contributed by atoms with Crippen molar-refractivity contribution in [3.8, 4) is 0 Å². The lowest BCUT2D eigenvalue weighted by atomic mass is 10.2. The van der Waals surface area contributed by atoms with E-state index in [1.54, 1.807) is 12.1 Å². The molecule has 2 N–H and O–H groups in total. The van der Waals surface area contributed by atoms with Gasteiger partial charge in [-0.3, -0.25) is 0 Å². The summed E-state index contributed by atoms with van der Waals surface area (Å²) >= 11 is 5.52. The van der Waals surface area contributed by atoms with Crippen molar-refractivity contribution >= 4 is 21.6 Å². The molecule has 1 heterocycles. The molecule has 10 heteroatoms. The lowest BCUT2D eigenvalue weighted by Gasteiger charge is -2.20. The van der Waals surface area contributed by atoms with Gasteiger partial charge < -0.3 is 9.32 Å². The number of quaternary nitrogens is 1. The number of hydrogen-bond donors (Lipinski definition) is 2. The van der Waals surface area contributed by atoms with Crippen LogP contribution in [0.2, 0.25) is 5.02 Å². The van der Waals surface area contributed by atoms with Crippen molar-refractivity contribution < 1.29 is 30.9 Å². The quantitative estimate of drug-likeness (QED) is 0.784. The van der Waals surface area contributed by atoms with E-state index >= 15 is 0 Å². The minimum atomic E-state index is -4.74. The summed E-state index contributed by atoms with van der Waals surface area (Å²) in [6, 6.07) is 5.52. The molecular formula is C15H17ClF3N2O3S+. The summed E-state index contributed by atoms with van der Waals surface area (Å²) in [6.07, 6.45) is -3.28. The third kappa shape index (κ3) is 4.75. The molecule has 0 aliphatic rings. The van der Waals surface area contributed by atoms with Crippen molar-refractivity contribution in [2.24, 2.45) is 0 Å². The van der Waals surface area contributed by atoms with Gasteiger partial charge in [-0.2, -0.15) is 13.2 Å². The van der Waals surface area contributed by atoms with Crippen molar-refractivity contribution in [3.05, 3.63) is 52.9 Å². The molecule has 0 saturated heterocycles. The standard InChI is InChI=1S/C15H16ClF3N2O3S/c1-21(2)13(14-4-3-7-24-14)9-20-25(22,23)10-5-6-12(16)11(8-10)15(17,18)19/h3-8,13,20H,9H2,1-2H3/p+1/t13-/m1/s1. The van der Waals surface area contributed by atoms with Crippen molar-refractivity contribution in [2.75, 3.05) is 20.6 Å². The Balaban J connectivity index is 2.25. The number of hydrogen-bond acceptors (Lipinski definition) is 3. The summed E-state index contributed by atoms with van der Waals surface area (Å²) in [5.41, 5.74) is -1.20. The maximum atomic E-state index is 12.9. The monoisotopic (exact) mass is 397 g/mol. The molecular weight excluding hydrogens is 381 g/mol. The van der Waals surface area contributed by atoms with Gasteiger partial charge in [-0.1, -0.05) is 11.6 Å². The van der Waals surface area contributed by atoms with Gasteiger partial charge in [0.25, 0.3) is 0 Å². The predicted molar refractivity (Wildman–Crippen MR) is 85.9 cm³/mol. The van der Waals surface area contributed by atoms with Crippen molar-refractivity contribution in [1.29, 1.82) is 0 Å². The average Bonchev–Trinajstić information content (AvgIpc) is 3.00. The first-order chi connectivity index (χ1) is 11.5. The summed E-state index contributed by atoms with van der Waals surface area (Å²) in [6.45, 7) is -0.0395. The van der Waals surface area contributed by atoms with Crippen LogP contribution in [-0.4, -0.2) is 29.1 Å². The van der Waals surface area contributed by atoms with Crippen LogP contribution >= 0.6 is 11.6 Å². The largest absolute Gasteiger partial charge is 0.463 e. The van der Waals surface area contributed by atoms with Gasteiger partial charge in [-0.25, -0.2) is 13.1 Å². The SMILES string of the molecule is C[NH+](C)[C@H](CNS(=O)(=O)c1ccc(Cl)c(C(F)(F)F)c1)c1ccco1. The molecule has 0 bridgehead atoms. The number of rotatable bonds is 6. The van der Waals surface area contributed by atoms with E-state index in [1.807, 2.05) is 14.1 Å². The fraction of sp³-hybridized carbons (Fsp3) is 0.333. The molecule has 5 nitrogen and oxygen atoms in total. The zero-order valence-electron chi connectivity index (χ0n) is 13.4. The molecule has 0 amide bonds. The first-order valence-electron chi connectivity index (χ1n) is 7.22. The third-order valence-electron chi connectivity index (χ3n) is 3.61. The molecule has 2 rings (SSSR count). The maximum absolute atomic E-state index is 12.9. The third-order valence-corrected chi connectivity index (χ3v) is 5.37. The number of furan rings is 1. The molecule has 0 aliphatic heterocycles. The lowest BCUT2D eigenvalue weighted by Crippen LogP contribution is -3.07. The smallest absolute Gasteiger partial charge is 0.417 e. The van der Waals surface area contributed by atoms with Gasteiger partial charge in [0, 0.05) is 0 Å². The number of nitrogens with one attached hydrogen (secondary N) is 2. The lowest BCUT2D eigenvalue weighted by molar-refractivity contribution is -0.891. The minimum Gasteiger partial charge on any atom is -0.463 e. The topological polar surface area (TPSA) is 63.8 Å². The molecule has 1 atom stereocenters. The Kier molecular flexibility index (Phi) is 5.82. The Morgan fingerprint density at radius 1 is 1.28 bits per heavy atom. The Bertz CT molecular complexity index is 821. The highest BCUT2D eigenvalue weighted by atomic mass is 35.5. The molecule has 0 spiro atoms. The fourth-order valence-electron chi connectivity index (χ4n) is 2.24. The van der Waals surface area contributed by atoms with E-state index in [4.69, 9.17) is 16.0 Å². The van der Waals surface area contributed by atoms with Crippen LogP contribution in [0.4, 0.5) is 13.2 Å². The fourth-order valence-corrected chi connectivity index (χ4v) is 3.54. The molecule has 0 saturated carbocycles. The molecule has 0 aliphatic carbocycles. The van der Waals surface area contributed by atoms with Gasteiger partial charge in [-0.15, -0.1) is 0 Å². The zero-order valence-corrected chi connectivity index (χ0v) is 15.0. The number of halogens is 4. The van der Waals surface area contributed by atoms with Gasteiger partial charge in [0.15, 0.2) is 11.8 Å². The second kappa shape index (κ2) is 7.36. The van der Waals surface area contributed by atoms with E-state index < -0.39 is 31.7 Å². The first-order valence-corrected chi connectivity index (χ1v) is 9.08. The number of likely N-dealkylation sites (N-methyl/N-ethyl adjacent to an activating group) is 1. The van der Waals surface area contributed by atoms with Crippen LogP contribution in [-0.2, 0) is 16.2 Å². The maximum Gasteiger partial charge on any atom is 0.417 e. The van der Waals surface area contributed by atoms with Crippen molar-refractivity contribution in [3.63, 3.8) is 0 Å². The predicted octanol–water partition coefficient (Wildman–Crippen LogP) is 2.12. The van der Waals surface area contributed by atoms with Gasteiger partial charge in [0.2, 0.25) is 10.0 Å². The van der Waals surface area contributed by atoms with Gasteiger partial charge >= 0.3 is 6.18 Å². The molecule has 25 heavy (non-hydrogen) atoms. The van der Waals surface area contributed by atoms with E-state index in [0.29, 0.717) is 11.8 Å². The second-order valence-electron chi connectivity index (χ2n) is 5.64. The van der Waals surface area contributed by atoms with Crippen LogP contribution in [0.5, 0.6) is 0 Å². The van der Waals surface area contributed by atoms with Gasteiger partial charge in [0.05, 0.1) is 42.4 Å². The number of sulfonamides is 1. The van der Waals surface area contributed by atoms with Crippen LogP contribution in [0.25, 0.3) is 0 Å². The molecule has 0 radical (unpaired) electrons. The van der Waals surface area contributed by atoms with Crippen molar-refractivity contribution in [1.82, 2.24) is 4.72 Å². The van der Waals surface area contributed by atoms with Crippen LogP contribution in [0.15, 0.2) is 45.9 Å². The highest BCUT2D eigenvalue weighted by molar-refractivity contribution is 7.89. The minimum absolute atomic E-state index is 0.0395. The summed E-state index contributed by atoms with van der Waals surface area (Å²) in [5, 5.41) is -0.558. The highest BCUT2D eigenvalue weighted by Crippen LogP contribution is 2.35. The van der Waals surface area contributed by atoms with E-state index in [-0.39, 0.29) is 12.6 Å². The Morgan fingerprint density at radius 3 is 2.48 bits per heavy atom. The van der Waals surface area contributed by atoms with E-state index in [0.717, 1.165) is 17.0 Å². The number of benzene rings is 1. The van der Waals surface area contributed by atoms with E-state index in [1.165, 1.54) is 6.26 Å². The highest BCUT2D eigenvalue weighted by Gasteiger charge is 2.34. The summed E-state index contributed by atoms with van der Waals surface area (Å²) in [4.78, 5) is 0.390. The summed E-state index contributed by atoms with van der Waals surface area (Å²) in [7, 11) is -0.521. The normalized spacial score (nSPS) is 14.0. The average molecular weight is 398 g/mol. The zero-order chi connectivity index (χ0) is 18.8. The Hall–Kier alpha value is -1.55. The van der Waals surface area contributed by atoms with Gasteiger partial charge in [0.1, 0.15) is 0 Å². The van der Waals surface area contributed by atoms with Gasteiger partial charge in [-0.05, 0) is 30.3 Å². The molecule has 138 valence electrons. The van der Waals surface area contributed by atoms with Crippen molar-refractivity contribution in [2.45, 2.75) is 17.1 Å². The summed E-state index contributed by atoms with van der Waals surface area (Å²) < 4.78 is 71.0. The number of alkyl halides is 3. The summed E-state index contributed by atoms with van der Waals surface area (Å²) in [5.74, 6) is 0.565. The van der Waals surface area contributed by atoms with Crippen LogP contribution in [0, 0.1) is 0 Å². The van der Waals surface area contributed by atoms with E-state index in [2.05, 4.69) is 4.72 Å². The molecule has 1 aromatic carbocycles. The van der Waals surface area contributed by atoms with E-state index in [9.17, 15) is 21.6 Å². The Labute approximate surface area is 148 Å². The van der Waals surface area contributed by atoms with Crippen LogP contribution in [0.1, 0.15) is 17.4 Å². The first kappa shape index (κ1) is 19.8. The molecule has 2 aromatic rings. The second-order valence-corrected chi connectivity index (χ2v) is 7.81.